The first-order valence-electron chi connectivity index (χ1n) is 13.7. The molecule has 3 amide bonds. The van der Waals surface area contributed by atoms with Crippen molar-refractivity contribution in [3.63, 3.8) is 0 Å². The van der Waals surface area contributed by atoms with Crippen LogP contribution in [-0.2, 0) is 19.2 Å². The Labute approximate surface area is 237 Å². The van der Waals surface area contributed by atoms with Gasteiger partial charge in [0.1, 0.15) is 5.54 Å². The predicted octanol–water partition coefficient (Wildman–Crippen LogP) is 5.23. The van der Waals surface area contributed by atoms with Gasteiger partial charge in [-0.1, -0.05) is 25.8 Å². The van der Waals surface area contributed by atoms with Gasteiger partial charge in [0.05, 0.1) is 0 Å². The second kappa shape index (κ2) is 12.2. The number of carbonyl (C=O) groups excluding carboxylic acids is 4. The van der Waals surface area contributed by atoms with Crippen LogP contribution in [0.5, 0.6) is 0 Å². The number of amides is 3. The minimum Gasteiger partial charge on any atom is -0.357 e. The fraction of sp³-hybridized carbons (Fsp3) is 0.533. The second-order valence-corrected chi connectivity index (χ2v) is 11.4. The Morgan fingerprint density at radius 3 is 2.17 bits per heavy atom. The van der Waals surface area contributed by atoms with E-state index in [0.717, 1.165) is 25.0 Å². The van der Waals surface area contributed by atoms with Crippen molar-refractivity contribution in [2.24, 2.45) is 17.8 Å². The number of hydrogen-bond acceptors (Lipinski definition) is 4. The number of hydrogen-bond donors (Lipinski definition) is 3. The molecule has 0 heterocycles. The molecule has 1 aromatic rings. The van der Waals surface area contributed by atoms with Crippen molar-refractivity contribution < 1.29 is 36.7 Å². The highest BCUT2D eigenvalue weighted by Crippen LogP contribution is 2.49. The normalized spacial score (nSPS) is 22.3. The van der Waals surface area contributed by atoms with E-state index in [-0.39, 0.29) is 22.4 Å². The van der Waals surface area contributed by atoms with Crippen LogP contribution in [0.2, 0.25) is 0 Å². The van der Waals surface area contributed by atoms with Crippen LogP contribution in [0.25, 0.3) is 0 Å². The third-order valence-electron chi connectivity index (χ3n) is 8.37. The van der Waals surface area contributed by atoms with Crippen LogP contribution in [-0.4, -0.2) is 42.0 Å². The zero-order valence-corrected chi connectivity index (χ0v) is 24.1. The number of benzene rings is 1. The molecule has 1 aromatic carbocycles. The van der Waals surface area contributed by atoms with Crippen LogP contribution in [0.3, 0.4) is 0 Å². The number of halogens is 4. The molecule has 41 heavy (non-hydrogen) atoms. The lowest BCUT2D eigenvalue weighted by molar-refractivity contribution is -0.166. The van der Waals surface area contributed by atoms with Crippen LogP contribution in [0.15, 0.2) is 40.5 Å². The summed E-state index contributed by atoms with van der Waals surface area (Å²) in [6, 6.07) is 2.90. The molecule has 3 rings (SSSR count). The van der Waals surface area contributed by atoms with Crippen molar-refractivity contribution >= 4 is 29.2 Å². The second-order valence-electron chi connectivity index (χ2n) is 11.4. The largest absolute Gasteiger partial charge is 0.357 e. The molecule has 0 aliphatic heterocycles. The van der Waals surface area contributed by atoms with Crippen molar-refractivity contribution in [2.45, 2.75) is 78.2 Å². The van der Waals surface area contributed by atoms with Gasteiger partial charge in [0.15, 0.2) is 11.6 Å². The molecule has 3 N–H and O–H groups in total. The molecule has 2 fully saturated rings. The molecular weight excluding hydrogens is 542 g/mol. The fourth-order valence-electron chi connectivity index (χ4n) is 5.63. The molecular formula is C30H37F4N3O4. The first-order chi connectivity index (χ1) is 19.1. The molecule has 0 saturated heterocycles. The molecule has 3 atom stereocenters. The van der Waals surface area contributed by atoms with E-state index in [0.29, 0.717) is 29.7 Å². The van der Waals surface area contributed by atoms with E-state index in [1.807, 2.05) is 0 Å². The van der Waals surface area contributed by atoms with Crippen molar-refractivity contribution in [3.05, 3.63) is 52.1 Å². The summed E-state index contributed by atoms with van der Waals surface area (Å²) in [5.41, 5.74) is -1.13. The predicted molar refractivity (Wildman–Crippen MR) is 146 cm³/mol. The summed E-state index contributed by atoms with van der Waals surface area (Å²) in [6.07, 6.45) is 0.661. The average molecular weight is 580 g/mol. The van der Waals surface area contributed by atoms with E-state index >= 15 is 0 Å². The maximum absolute atomic E-state index is 13.8. The quantitative estimate of drug-likeness (QED) is 0.145. The fourth-order valence-corrected chi connectivity index (χ4v) is 5.63. The van der Waals surface area contributed by atoms with Crippen molar-refractivity contribution in [2.75, 3.05) is 12.4 Å². The van der Waals surface area contributed by atoms with Gasteiger partial charge in [-0.2, -0.15) is 0 Å². The molecule has 2 saturated carbocycles. The van der Waals surface area contributed by atoms with Gasteiger partial charge in [-0.05, 0) is 69.1 Å². The van der Waals surface area contributed by atoms with Crippen molar-refractivity contribution in [1.29, 1.82) is 0 Å². The molecule has 11 heteroatoms. The highest BCUT2D eigenvalue weighted by Gasteiger charge is 2.61. The number of alkyl halides is 2. The minimum atomic E-state index is -3.16. The molecule has 2 aliphatic rings. The molecule has 0 radical (unpaired) electrons. The number of Topliss-reactive ketones (excluding diaryl/α,β-unsaturated/α-hetero) is 1. The van der Waals surface area contributed by atoms with Gasteiger partial charge in [0.2, 0.25) is 11.7 Å². The van der Waals surface area contributed by atoms with Crippen molar-refractivity contribution in [1.82, 2.24) is 10.6 Å². The van der Waals surface area contributed by atoms with E-state index in [1.165, 1.54) is 27.0 Å². The standard InChI is InChI=1S/C30H37F4N3O4/c1-7-15(2)21-11-19(21)10-16(3)24(26(39)36-20-8-9-22(31)23(32)12-20)17(4)18(5)25(38)27(40)37-29(28(41)35-6)13-30(33,34)14-29/h8-9,12,15,19,21H,7,10-11,13-14H2,1-6H3,(H,35,41)(H,36,39)(H,37,40)/b18-17+,24-16-. The molecule has 0 aromatic heterocycles. The first kappa shape index (κ1) is 32.0. The SMILES string of the molecule is CCC(C)C1CC1C/C(C)=C(C(=O)Nc1ccc(F)c(F)c1)/C(C)=C(\C)C(=O)C(=O)NC1(C(=O)NC)CC(F)(F)C1. The number of carbonyl (C=O) groups is 4. The third-order valence-corrected chi connectivity index (χ3v) is 8.37. The van der Waals surface area contributed by atoms with Gasteiger partial charge in [-0.25, -0.2) is 17.6 Å². The summed E-state index contributed by atoms with van der Waals surface area (Å²) >= 11 is 0. The Bertz CT molecular complexity index is 1310. The zero-order valence-electron chi connectivity index (χ0n) is 24.1. The first-order valence-corrected chi connectivity index (χ1v) is 13.7. The summed E-state index contributed by atoms with van der Waals surface area (Å²) in [4.78, 5) is 51.8. The summed E-state index contributed by atoms with van der Waals surface area (Å²) in [5, 5.41) is 6.95. The van der Waals surface area contributed by atoms with Crippen LogP contribution in [0.1, 0.15) is 66.7 Å². The molecule has 224 valence electrons. The minimum absolute atomic E-state index is 0.00365. The van der Waals surface area contributed by atoms with Crippen LogP contribution in [0, 0.1) is 29.4 Å². The zero-order chi connectivity index (χ0) is 30.9. The van der Waals surface area contributed by atoms with Crippen LogP contribution < -0.4 is 16.0 Å². The summed E-state index contributed by atoms with van der Waals surface area (Å²) in [5.74, 6) is -7.93. The number of anilines is 1. The topological polar surface area (TPSA) is 104 Å². The summed E-state index contributed by atoms with van der Waals surface area (Å²) < 4.78 is 54.5. The van der Waals surface area contributed by atoms with Gasteiger partial charge in [-0.3, -0.25) is 19.2 Å². The summed E-state index contributed by atoms with van der Waals surface area (Å²) in [6.45, 7) is 8.82. The number of rotatable bonds is 11. The lowest BCUT2D eigenvalue weighted by Crippen LogP contribution is -2.69. The van der Waals surface area contributed by atoms with Crippen LogP contribution >= 0.6 is 0 Å². The van der Waals surface area contributed by atoms with E-state index in [2.05, 4.69) is 29.8 Å². The highest BCUT2D eigenvalue weighted by atomic mass is 19.3. The Morgan fingerprint density at radius 1 is 1.00 bits per heavy atom. The van der Waals surface area contributed by atoms with Gasteiger partial charge < -0.3 is 16.0 Å². The Hall–Kier alpha value is -3.50. The van der Waals surface area contributed by atoms with Gasteiger partial charge in [-0.15, -0.1) is 0 Å². The smallest absolute Gasteiger partial charge is 0.292 e. The number of likely N-dealkylation sites (N-methyl/N-ethyl adjacent to an activating group) is 1. The van der Waals surface area contributed by atoms with E-state index in [4.69, 9.17) is 0 Å². The number of allylic oxidation sites excluding steroid dienone is 1. The molecule has 7 nitrogen and oxygen atoms in total. The third kappa shape index (κ3) is 7.05. The van der Waals surface area contributed by atoms with Crippen molar-refractivity contribution in [3.8, 4) is 0 Å². The van der Waals surface area contributed by atoms with E-state index < -0.39 is 59.4 Å². The molecule has 0 bridgehead atoms. The molecule has 3 unspecified atom stereocenters. The lowest BCUT2D eigenvalue weighted by Gasteiger charge is -2.45. The summed E-state index contributed by atoms with van der Waals surface area (Å²) in [7, 11) is 1.24. The van der Waals surface area contributed by atoms with E-state index in [9.17, 15) is 36.7 Å². The van der Waals surface area contributed by atoms with Gasteiger partial charge in [0.25, 0.3) is 17.7 Å². The Kier molecular flexibility index (Phi) is 9.50. The Balaban J connectivity index is 1.92. The van der Waals surface area contributed by atoms with Crippen LogP contribution in [0.4, 0.5) is 23.2 Å². The Morgan fingerprint density at radius 2 is 1.63 bits per heavy atom. The molecule has 0 spiro atoms. The lowest BCUT2D eigenvalue weighted by atomic mass is 9.72. The van der Waals surface area contributed by atoms with E-state index in [1.54, 1.807) is 6.92 Å². The average Bonchev–Trinajstić information content (AvgIpc) is 3.66. The number of nitrogens with one attached hydrogen (secondary N) is 3. The van der Waals surface area contributed by atoms with Gasteiger partial charge >= 0.3 is 0 Å². The van der Waals surface area contributed by atoms with Gasteiger partial charge in [0, 0.05) is 42.8 Å². The monoisotopic (exact) mass is 579 g/mol. The highest BCUT2D eigenvalue weighted by molar-refractivity contribution is 6.43. The molecule has 2 aliphatic carbocycles. The maximum Gasteiger partial charge on any atom is 0.292 e. The maximum atomic E-state index is 13.8. The number of ketones is 1.